The third-order valence-electron chi connectivity index (χ3n) is 5.78. The summed E-state index contributed by atoms with van der Waals surface area (Å²) < 4.78 is 1.94. The van der Waals surface area contributed by atoms with E-state index in [4.69, 9.17) is 5.10 Å². The number of hydrogen-bond acceptors (Lipinski definition) is 3. The van der Waals surface area contributed by atoms with E-state index in [9.17, 15) is 0 Å². The van der Waals surface area contributed by atoms with Crippen LogP contribution in [0.3, 0.4) is 0 Å². The Morgan fingerprint density at radius 3 is 2.78 bits per heavy atom. The molecule has 5 rings (SSSR count). The number of hydrogen-bond donors (Lipinski definition) is 2. The van der Waals surface area contributed by atoms with E-state index in [1.807, 2.05) is 22.8 Å². The summed E-state index contributed by atoms with van der Waals surface area (Å²) >= 11 is 0. The van der Waals surface area contributed by atoms with Crippen LogP contribution in [0, 0.1) is 12.8 Å². The molecule has 0 bridgehead atoms. The Balaban J connectivity index is 1.49. The molecule has 27 heavy (non-hydrogen) atoms. The summed E-state index contributed by atoms with van der Waals surface area (Å²) in [6.07, 6.45) is 6.93. The van der Waals surface area contributed by atoms with Crippen LogP contribution in [-0.2, 0) is 0 Å². The molecular weight excluding hydrogens is 334 g/mol. The predicted molar refractivity (Wildman–Crippen MR) is 110 cm³/mol. The lowest BCUT2D eigenvalue weighted by Crippen LogP contribution is -2.25. The van der Waals surface area contributed by atoms with Crippen molar-refractivity contribution in [2.75, 3.05) is 5.32 Å². The molecule has 1 fully saturated rings. The smallest absolute Gasteiger partial charge is 0.154 e. The molecule has 3 heterocycles. The van der Waals surface area contributed by atoms with Crippen molar-refractivity contribution in [2.24, 2.45) is 5.92 Å². The Hall–Kier alpha value is -2.82. The minimum atomic E-state index is 0.522. The van der Waals surface area contributed by atoms with Gasteiger partial charge in [-0.3, -0.25) is 0 Å². The van der Waals surface area contributed by atoms with Gasteiger partial charge in [-0.05, 0) is 68.9 Å². The number of aryl methyl sites for hydroxylation is 1. The number of nitrogens with zero attached hydrogens (tertiary/aromatic N) is 3. The number of benzene rings is 1. The molecular formula is C22H25N5. The SMILES string of the molecule is Cc1ccc2[nH]c(-c3cnc4ccc(N[C@H]5CC[C@H](C)CC5)nn34)cc2c1. The van der Waals surface area contributed by atoms with Crippen molar-refractivity contribution in [3.63, 3.8) is 0 Å². The Morgan fingerprint density at radius 2 is 1.93 bits per heavy atom. The highest BCUT2D eigenvalue weighted by Crippen LogP contribution is 2.27. The zero-order chi connectivity index (χ0) is 18.4. The van der Waals surface area contributed by atoms with Gasteiger partial charge in [-0.25, -0.2) is 9.50 Å². The summed E-state index contributed by atoms with van der Waals surface area (Å²) in [4.78, 5) is 8.04. The summed E-state index contributed by atoms with van der Waals surface area (Å²) in [5, 5.41) is 9.68. The first-order chi connectivity index (χ1) is 13.2. The van der Waals surface area contributed by atoms with Crippen LogP contribution < -0.4 is 5.32 Å². The third-order valence-corrected chi connectivity index (χ3v) is 5.78. The van der Waals surface area contributed by atoms with Crippen LogP contribution in [0.5, 0.6) is 0 Å². The van der Waals surface area contributed by atoms with Gasteiger partial charge < -0.3 is 10.3 Å². The summed E-state index contributed by atoms with van der Waals surface area (Å²) in [5.74, 6) is 1.78. The molecule has 0 amide bonds. The molecule has 1 saturated carbocycles. The van der Waals surface area contributed by atoms with Crippen molar-refractivity contribution in [1.29, 1.82) is 0 Å². The first-order valence-electron chi connectivity index (χ1n) is 9.87. The van der Waals surface area contributed by atoms with Gasteiger partial charge in [0, 0.05) is 16.9 Å². The fraction of sp³-hybridized carbons (Fsp3) is 0.364. The van der Waals surface area contributed by atoms with Gasteiger partial charge >= 0.3 is 0 Å². The van der Waals surface area contributed by atoms with Gasteiger partial charge in [0.25, 0.3) is 0 Å². The Kier molecular flexibility index (Phi) is 3.88. The molecule has 0 aliphatic heterocycles. The lowest BCUT2D eigenvalue weighted by Gasteiger charge is -2.27. The van der Waals surface area contributed by atoms with E-state index >= 15 is 0 Å². The van der Waals surface area contributed by atoms with Gasteiger partial charge in [-0.1, -0.05) is 18.6 Å². The third kappa shape index (κ3) is 3.07. The number of aromatic amines is 1. The average Bonchev–Trinajstić information content (AvgIpc) is 3.26. The molecule has 1 aliphatic carbocycles. The predicted octanol–water partition coefficient (Wildman–Crippen LogP) is 5.18. The van der Waals surface area contributed by atoms with Crippen molar-refractivity contribution in [3.05, 3.63) is 48.2 Å². The van der Waals surface area contributed by atoms with Crippen LogP contribution in [-0.4, -0.2) is 25.6 Å². The van der Waals surface area contributed by atoms with Crippen molar-refractivity contribution in [1.82, 2.24) is 19.6 Å². The maximum Gasteiger partial charge on any atom is 0.154 e. The first-order valence-corrected chi connectivity index (χ1v) is 9.87. The number of rotatable bonds is 3. The fourth-order valence-electron chi connectivity index (χ4n) is 4.14. The van der Waals surface area contributed by atoms with Crippen molar-refractivity contribution < 1.29 is 0 Å². The fourth-order valence-corrected chi connectivity index (χ4v) is 4.14. The number of fused-ring (bicyclic) bond motifs is 2. The van der Waals surface area contributed by atoms with E-state index in [1.54, 1.807) is 0 Å². The minimum Gasteiger partial charge on any atom is -0.366 e. The Labute approximate surface area is 158 Å². The van der Waals surface area contributed by atoms with Gasteiger partial charge in [0.2, 0.25) is 0 Å². The normalized spacial score (nSPS) is 20.4. The average molecular weight is 359 g/mol. The molecule has 0 saturated heterocycles. The molecule has 138 valence electrons. The van der Waals surface area contributed by atoms with Crippen LogP contribution in [0.4, 0.5) is 5.82 Å². The van der Waals surface area contributed by atoms with Gasteiger partial charge in [0.15, 0.2) is 5.65 Å². The summed E-state index contributed by atoms with van der Waals surface area (Å²) in [6, 6.07) is 13.2. The van der Waals surface area contributed by atoms with Crippen molar-refractivity contribution in [3.8, 4) is 11.4 Å². The molecule has 5 heteroatoms. The second-order valence-corrected chi connectivity index (χ2v) is 8.01. The van der Waals surface area contributed by atoms with E-state index in [1.165, 1.54) is 36.6 Å². The maximum atomic E-state index is 4.84. The van der Waals surface area contributed by atoms with Gasteiger partial charge in [-0.15, -0.1) is 5.10 Å². The molecule has 4 aromatic rings. The molecule has 2 N–H and O–H groups in total. The number of aromatic nitrogens is 4. The first kappa shape index (κ1) is 16.4. The van der Waals surface area contributed by atoms with Crippen LogP contribution in [0.2, 0.25) is 0 Å². The van der Waals surface area contributed by atoms with E-state index in [2.05, 4.69) is 53.4 Å². The number of anilines is 1. The van der Waals surface area contributed by atoms with Crippen LogP contribution in [0.25, 0.3) is 27.9 Å². The maximum absolute atomic E-state index is 4.84. The molecule has 0 atom stereocenters. The summed E-state index contributed by atoms with van der Waals surface area (Å²) in [5.41, 5.74) is 5.29. The highest BCUT2D eigenvalue weighted by molar-refractivity contribution is 5.86. The van der Waals surface area contributed by atoms with E-state index in [0.29, 0.717) is 6.04 Å². The molecule has 0 unspecified atom stereocenters. The lowest BCUT2D eigenvalue weighted by atomic mass is 9.87. The second kappa shape index (κ2) is 6.41. The molecule has 3 aromatic heterocycles. The largest absolute Gasteiger partial charge is 0.366 e. The second-order valence-electron chi connectivity index (χ2n) is 8.01. The summed E-state index contributed by atoms with van der Waals surface area (Å²) in [7, 11) is 0. The minimum absolute atomic E-state index is 0.522. The lowest BCUT2D eigenvalue weighted by molar-refractivity contribution is 0.360. The van der Waals surface area contributed by atoms with Gasteiger partial charge in [0.1, 0.15) is 11.5 Å². The van der Waals surface area contributed by atoms with Crippen LogP contribution in [0.1, 0.15) is 38.2 Å². The van der Waals surface area contributed by atoms with E-state index < -0.39 is 0 Å². The standard InChI is InChI=1S/C22H25N5/c1-14-3-6-17(7-4-14)24-21-9-10-22-23-13-20(27(22)26-21)19-12-16-11-15(2)5-8-18(16)25-19/h5,8-14,17,25H,3-4,6-7H2,1-2H3,(H,24,26)/t14-,17-. The van der Waals surface area contributed by atoms with Crippen molar-refractivity contribution in [2.45, 2.75) is 45.6 Å². The van der Waals surface area contributed by atoms with E-state index in [0.717, 1.165) is 34.3 Å². The molecule has 0 radical (unpaired) electrons. The number of imidazole rings is 1. The van der Waals surface area contributed by atoms with Gasteiger partial charge in [0.05, 0.1) is 11.9 Å². The quantitative estimate of drug-likeness (QED) is 0.530. The zero-order valence-corrected chi connectivity index (χ0v) is 15.9. The monoisotopic (exact) mass is 359 g/mol. The molecule has 5 nitrogen and oxygen atoms in total. The number of nitrogens with one attached hydrogen (secondary N) is 2. The Morgan fingerprint density at radius 1 is 1.07 bits per heavy atom. The molecule has 1 aromatic carbocycles. The number of H-pyrrole nitrogens is 1. The Bertz CT molecular complexity index is 1100. The van der Waals surface area contributed by atoms with Crippen LogP contribution in [0.15, 0.2) is 42.6 Å². The van der Waals surface area contributed by atoms with E-state index in [-0.39, 0.29) is 0 Å². The van der Waals surface area contributed by atoms with Crippen LogP contribution >= 0.6 is 0 Å². The summed E-state index contributed by atoms with van der Waals surface area (Å²) in [6.45, 7) is 4.46. The van der Waals surface area contributed by atoms with Crippen molar-refractivity contribution >= 4 is 22.4 Å². The highest BCUT2D eigenvalue weighted by Gasteiger charge is 2.19. The highest BCUT2D eigenvalue weighted by atomic mass is 15.3. The molecule has 0 spiro atoms. The molecule has 1 aliphatic rings. The topological polar surface area (TPSA) is 58.0 Å². The zero-order valence-electron chi connectivity index (χ0n) is 15.9. The van der Waals surface area contributed by atoms with Gasteiger partial charge in [-0.2, -0.15) is 0 Å².